The van der Waals surface area contributed by atoms with Crippen molar-refractivity contribution in [1.29, 1.82) is 0 Å². The number of nitrogens with zero attached hydrogens (tertiary/aromatic N) is 4. The van der Waals surface area contributed by atoms with E-state index in [0.29, 0.717) is 16.6 Å². The zero-order valence-electron chi connectivity index (χ0n) is 13.2. The third-order valence-corrected chi connectivity index (χ3v) is 4.41. The number of aliphatic carboxylic acids is 1. The van der Waals surface area contributed by atoms with Crippen LogP contribution in [0.3, 0.4) is 0 Å². The van der Waals surface area contributed by atoms with Crippen LogP contribution in [-0.4, -0.2) is 36.4 Å². The standard InChI is InChI=1S/C17H16N4O3/c1-10(22)17-12-7-11(13-8-18-20-6-2-3-14(13)20)4-5-15(12)21(19-17)9-16(23)24/h4-5,7-8H,2-3,6,9H2,1H3,(H,23,24). The lowest BCUT2D eigenvalue weighted by Gasteiger charge is -2.03. The van der Waals surface area contributed by atoms with Crippen LogP contribution < -0.4 is 0 Å². The number of fused-ring (bicyclic) bond motifs is 2. The second-order valence-corrected chi connectivity index (χ2v) is 6.02. The van der Waals surface area contributed by atoms with Gasteiger partial charge in [0.25, 0.3) is 0 Å². The summed E-state index contributed by atoms with van der Waals surface area (Å²) < 4.78 is 3.37. The number of carbonyl (C=O) groups excluding carboxylic acids is 1. The molecule has 0 atom stereocenters. The normalized spacial score (nSPS) is 13.4. The molecule has 1 aliphatic rings. The molecule has 122 valence electrons. The van der Waals surface area contributed by atoms with E-state index in [1.807, 2.05) is 29.1 Å². The molecule has 7 heteroatoms. The molecule has 0 radical (unpaired) electrons. The molecular formula is C17H16N4O3. The van der Waals surface area contributed by atoms with Gasteiger partial charge in [-0.1, -0.05) is 6.07 Å². The number of carboxylic acid groups (broad SMARTS) is 1. The second kappa shape index (κ2) is 5.30. The number of aromatic nitrogens is 4. The van der Waals surface area contributed by atoms with E-state index < -0.39 is 5.97 Å². The van der Waals surface area contributed by atoms with E-state index in [1.54, 1.807) is 0 Å². The van der Waals surface area contributed by atoms with Gasteiger partial charge in [-0.05, 0) is 30.5 Å². The van der Waals surface area contributed by atoms with Crippen molar-refractivity contribution >= 4 is 22.7 Å². The van der Waals surface area contributed by atoms with Gasteiger partial charge in [0.15, 0.2) is 5.78 Å². The number of hydrogen-bond acceptors (Lipinski definition) is 4. The second-order valence-electron chi connectivity index (χ2n) is 6.02. The Morgan fingerprint density at radius 1 is 1.33 bits per heavy atom. The van der Waals surface area contributed by atoms with E-state index in [9.17, 15) is 9.59 Å². The Balaban J connectivity index is 1.89. The number of carboxylic acids is 1. The van der Waals surface area contributed by atoms with Crippen molar-refractivity contribution in [3.63, 3.8) is 0 Å². The summed E-state index contributed by atoms with van der Waals surface area (Å²) in [6.45, 7) is 2.11. The molecule has 4 rings (SSSR count). The molecule has 0 saturated heterocycles. The zero-order chi connectivity index (χ0) is 16.8. The van der Waals surface area contributed by atoms with E-state index in [1.165, 1.54) is 17.3 Å². The van der Waals surface area contributed by atoms with Gasteiger partial charge in [0.05, 0.1) is 11.7 Å². The maximum atomic E-state index is 11.9. The predicted molar refractivity (Wildman–Crippen MR) is 86.9 cm³/mol. The van der Waals surface area contributed by atoms with Gasteiger partial charge >= 0.3 is 5.97 Å². The molecule has 0 amide bonds. The minimum Gasteiger partial charge on any atom is -0.480 e. The first-order valence-corrected chi connectivity index (χ1v) is 7.83. The van der Waals surface area contributed by atoms with Gasteiger partial charge in [-0.2, -0.15) is 10.2 Å². The summed E-state index contributed by atoms with van der Waals surface area (Å²) in [7, 11) is 0. The van der Waals surface area contributed by atoms with Crippen molar-refractivity contribution in [3.8, 4) is 11.1 Å². The van der Waals surface area contributed by atoms with Crippen LogP contribution in [0.1, 0.15) is 29.5 Å². The number of carbonyl (C=O) groups is 2. The largest absolute Gasteiger partial charge is 0.480 e. The van der Waals surface area contributed by atoms with E-state index in [0.717, 1.165) is 30.5 Å². The quantitative estimate of drug-likeness (QED) is 0.743. The molecule has 3 aromatic rings. The molecule has 24 heavy (non-hydrogen) atoms. The highest BCUT2D eigenvalue weighted by Gasteiger charge is 2.20. The lowest BCUT2D eigenvalue weighted by Crippen LogP contribution is -2.10. The van der Waals surface area contributed by atoms with Gasteiger partial charge in [-0.15, -0.1) is 0 Å². The Morgan fingerprint density at radius 2 is 2.17 bits per heavy atom. The van der Waals surface area contributed by atoms with E-state index in [-0.39, 0.29) is 12.3 Å². The third-order valence-electron chi connectivity index (χ3n) is 4.41. The molecule has 3 heterocycles. The monoisotopic (exact) mass is 324 g/mol. The Bertz CT molecular complexity index is 983. The number of aryl methyl sites for hydroxylation is 1. The maximum Gasteiger partial charge on any atom is 0.325 e. The van der Waals surface area contributed by atoms with E-state index >= 15 is 0 Å². The van der Waals surface area contributed by atoms with Crippen LogP contribution in [-0.2, 0) is 24.3 Å². The van der Waals surface area contributed by atoms with Crippen molar-refractivity contribution in [1.82, 2.24) is 19.6 Å². The van der Waals surface area contributed by atoms with Gasteiger partial charge in [0.1, 0.15) is 12.2 Å². The topological polar surface area (TPSA) is 90.0 Å². The van der Waals surface area contributed by atoms with Crippen molar-refractivity contribution in [2.24, 2.45) is 0 Å². The van der Waals surface area contributed by atoms with Crippen molar-refractivity contribution in [2.75, 3.05) is 0 Å². The molecule has 0 spiro atoms. The lowest BCUT2D eigenvalue weighted by atomic mass is 10.0. The molecule has 0 bridgehead atoms. The molecule has 2 aromatic heterocycles. The maximum absolute atomic E-state index is 11.9. The van der Waals surface area contributed by atoms with Gasteiger partial charge in [-0.3, -0.25) is 19.0 Å². The number of ketones is 1. The fourth-order valence-electron chi connectivity index (χ4n) is 3.36. The Kier molecular flexibility index (Phi) is 3.23. The minimum atomic E-state index is -0.993. The number of rotatable bonds is 4. The highest BCUT2D eigenvalue weighted by molar-refractivity contribution is 6.06. The van der Waals surface area contributed by atoms with Crippen molar-refractivity contribution in [2.45, 2.75) is 32.9 Å². The number of Topliss-reactive ketones (excluding diaryl/α,β-unsaturated/α-hetero) is 1. The van der Waals surface area contributed by atoms with Crippen LogP contribution in [0.5, 0.6) is 0 Å². The van der Waals surface area contributed by atoms with E-state index in [2.05, 4.69) is 10.2 Å². The van der Waals surface area contributed by atoms with Crippen molar-refractivity contribution in [3.05, 3.63) is 35.8 Å². The lowest BCUT2D eigenvalue weighted by molar-refractivity contribution is -0.137. The Hall–Kier alpha value is -2.96. The molecule has 1 N–H and O–H groups in total. The average Bonchev–Trinajstić information content (AvgIpc) is 3.20. The molecular weight excluding hydrogens is 308 g/mol. The van der Waals surface area contributed by atoms with E-state index in [4.69, 9.17) is 5.11 Å². The van der Waals surface area contributed by atoms with Crippen LogP contribution >= 0.6 is 0 Å². The summed E-state index contributed by atoms with van der Waals surface area (Å²) in [5.41, 5.74) is 4.20. The molecule has 7 nitrogen and oxygen atoms in total. The molecule has 0 saturated carbocycles. The highest BCUT2D eigenvalue weighted by Crippen LogP contribution is 2.31. The van der Waals surface area contributed by atoms with Crippen LogP contribution in [0.4, 0.5) is 0 Å². The fourth-order valence-corrected chi connectivity index (χ4v) is 3.36. The molecule has 1 aliphatic heterocycles. The Morgan fingerprint density at radius 3 is 2.92 bits per heavy atom. The first-order chi connectivity index (χ1) is 11.5. The van der Waals surface area contributed by atoms with Crippen LogP contribution in [0.25, 0.3) is 22.0 Å². The van der Waals surface area contributed by atoms with Gasteiger partial charge in [0, 0.05) is 30.1 Å². The summed E-state index contributed by atoms with van der Waals surface area (Å²) >= 11 is 0. The summed E-state index contributed by atoms with van der Waals surface area (Å²) in [5, 5.41) is 18.3. The molecule has 0 unspecified atom stereocenters. The minimum absolute atomic E-state index is 0.179. The highest BCUT2D eigenvalue weighted by atomic mass is 16.4. The zero-order valence-corrected chi connectivity index (χ0v) is 13.2. The predicted octanol–water partition coefficient (Wildman–Crippen LogP) is 2.13. The summed E-state index contributed by atoms with van der Waals surface area (Å²) in [4.78, 5) is 22.9. The van der Waals surface area contributed by atoms with Gasteiger partial charge < -0.3 is 5.11 Å². The number of hydrogen-bond donors (Lipinski definition) is 1. The SMILES string of the molecule is CC(=O)c1nn(CC(=O)O)c2ccc(-c3cnn4c3CCC4)cc12. The third kappa shape index (κ3) is 2.20. The van der Waals surface area contributed by atoms with Gasteiger partial charge in [0.2, 0.25) is 0 Å². The number of benzene rings is 1. The Labute approximate surface area is 137 Å². The first kappa shape index (κ1) is 14.6. The summed E-state index contributed by atoms with van der Waals surface area (Å²) in [6.07, 6.45) is 3.93. The fraction of sp³-hybridized carbons (Fsp3) is 0.294. The van der Waals surface area contributed by atoms with Crippen LogP contribution in [0, 0.1) is 0 Å². The van der Waals surface area contributed by atoms with Crippen LogP contribution in [0.2, 0.25) is 0 Å². The average molecular weight is 324 g/mol. The van der Waals surface area contributed by atoms with Crippen LogP contribution in [0.15, 0.2) is 24.4 Å². The van der Waals surface area contributed by atoms with Crippen molar-refractivity contribution < 1.29 is 14.7 Å². The summed E-state index contributed by atoms with van der Waals surface area (Å²) in [5.74, 6) is -1.17. The molecule has 0 fully saturated rings. The summed E-state index contributed by atoms with van der Waals surface area (Å²) in [6, 6.07) is 5.67. The smallest absolute Gasteiger partial charge is 0.325 e. The first-order valence-electron chi connectivity index (χ1n) is 7.83. The molecule has 0 aliphatic carbocycles. The molecule has 1 aromatic carbocycles. The van der Waals surface area contributed by atoms with Gasteiger partial charge in [-0.25, -0.2) is 0 Å².